The van der Waals surface area contributed by atoms with Gasteiger partial charge in [0.15, 0.2) is 0 Å². The van der Waals surface area contributed by atoms with Crippen LogP contribution in [0.2, 0.25) is 0 Å². The number of nitrogens with one attached hydrogen (secondary N) is 1. The Morgan fingerprint density at radius 1 is 1.29 bits per heavy atom. The number of imide groups is 1. The fourth-order valence-electron chi connectivity index (χ4n) is 2.65. The zero-order chi connectivity index (χ0) is 14.8. The van der Waals surface area contributed by atoms with Gasteiger partial charge in [-0.1, -0.05) is 25.1 Å². The second-order valence-electron chi connectivity index (χ2n) is 5.15. The zero-order valence-corrected chi connectivity index (χ0v) is 11.9. The van der Waals surface area contributed by atoms with Gasteiger partial charge in [-0.25, -0.2) is 0 Å². The van der Waals surface area contributed by atoms with Crippen LogP contribution in [0.3, 0.4) is 0 Å². The van der Waals surface area contributed by atoms with Crippen molar-refractivity contribution < 1.29 is 9.59 Å². The number of fused-ring (bicyclic) bond motifs is 1. The lowest BCUT2D eigenvalue weighted by Crippen LogP contribution is -2.57. The molecule has 0 aliphatic carbocycles. The van der Waals surface area contributed by atoms with Gasteiger partial charge in [0, 0.05) is 11.6 Å². The molecule has 1 aliphatic heterocycles. The van der Waals surface area contributed by atoms with E-state index in [2.05, 4.69) is 10.3 Å². The van der Waals surface area contributed by atoms with Gasteiger partial charge in [-0.2, -0.15) is 0 Å². The van der Waals surface area contributed by atoms with Crippen molar-refractivity contribution in [1.82, 2.24) is 15.2 Å². The number of rotatable bonds is 3. The predicted octanol–water partition coefficient (Wildman–Crippen LogP) is 1.47. The number of hydrogen-bond donors (Lipinski definition) is 1. The molecule has 1 N–H and O–H groups in total. The molecule has 3 rings (SSSR count). The summed E-state index contributed by atoms with van der Waals surface area (Å²) >= 11 is 0. The van der Waals surface area contributed by atoms with Crippen molar-refractivity contribution >= 4 is 22.7 Å². The van der Waals surface area contributed by atoms with E-state index >= 15 is 0 Å². The number of carbonyl (C=O) groups excluding carboxylic acids is 2. The van der Waals surface area contributed by atoms with Gasteiger partial charge in [-0.3, -0.25) is 24.8 Å². The molecule has 1 aliphatic rings. The van der Waals surface area contributed by atoms with Crippen molar-refractivity contribution in [1.29, 1.82) is 0 Å². The van der Waals surface area contributed by atoms with Gasteiger partial charge in [-0.15, -0.1) is 0 Å². The topological polar surface area (TPSA) is 62.3 Å². The van der Waals surface area contributed by atoms with Crippen molar-refractivity contribution in [3.63, 3.8) is 0 Å². The average Bonchev–Trinajstić information content (AvgIpc) is 2.52. The number of piperazine rings is 1. The quantitative estimate of drug-likeness (QED) is 0.867. The third-order valence-corrected chi connectivity index (χ3v) is 3.84. The average molecular weight is 283 g/mol. The van der Waals surface area contributed by atoms with Crippen LogP contribution in [0.1, 0.15) is 18.9 Å². The Labute approximate surface area is 123 Å². The van der Waals surface area contributed by atoms with E-state index in [1.54, 1.807) is 6.20 Å². The van der Waals surface area contributed by atoms with Crippen molar-refractivity contribution in [2.45, 2.75) is 25.9 Å². The van der Waals surface area contributed by atoms with Crippen LogP contribution in [0.5, 0.6) is 0 Å². The number of hydrogen-bond acceptors (Lipinski definition) is 4. The predicted molar refractivity (Wildman–Crippen MR) is 79.4 cm³/mol. The standard InChI is InChI=1S/C16H17N3O2/c1-2-13-16(21)19(15(20)9-18-13)10-11-7-8-17-14-6-4-3-5-12(11)14/h3-8,13,18H,2,9-10H2,1H3. The van der Waals surface area contributed by atoms with Crippen LogP contribution in [0, 0.1) is 0 Å². The molecular formula is C16H17N3O2. The first-order valence-corrected chi connectivity index (χ1v) is 7.11. The summed E-state index contributed by atoms with van der Waals surface area (Å²) in [6, 6.07) is 9.35. The van der Waals surface area contributed by atoms with E-state index in [1.807, 2.05) is 37.3 Å². The van der Waals surface area contributed by atoms with Gasteiger partial charge < -0.3 is 0 Å². The largest absolute Gasteiger partial charge is 0.297 e. The maximum absolute atomic E-state index is 12.3. The summed E-state index contributed by atoms with van der Waals surface area (Å²) in [6.07, 6.45) is 2.39. The second kappa shape index (κ2) is 5.61. The summed E-state index contributed by atoms with van der Waals surface area (Å²) in [6.45, 7) is 2.46. The third kappa shape index (κ3) is 2.52. The highest BCUT2D eigenvalue weighted by Crippen LogP contribution is 2.19. The molecule has 0 spiro atoms. The van der Waals surface area contributed by atoms with Gasteiger partial charge in [-0.05, 0) is 24.1 Å². The van der Waals surface area contributed by atoms with E-state index in [4.69, 9.17) is 0 Å². The van der Waals surface area contributed by atoms with Gasteiger partial charge in [0.2, 0.25) is 11.8 Å². The van der Waals surface area contributed by atoms with Gasteiger partial charge in [0.25, 0.3) is 0 Å². The highest BCUT2D eigenvalue weighted by atomic mass is 16.2. The molecule has 1 unspecified atom stereocenters. The molecule has 1 aromatic heterocycles. The number of para-hydroxylation sites is 1. The number of amides is 2. The molecule has 1 fully saturated rings. The van der Waals surface area contributed by atoms with Gasteiger partial charge >= 0.3 is 0 Å². The van der Waals surface area contributed by atoms with E-state index in [0.717, 1.165) is 16.5 Å². The fraction of sp³-hybridized carbons (Fsp3) is 0.312. The number of nitrogens with zero attached hydrogens (tertiary/aromatic N) is 2. The molecule has 21 heavy (non-hydrogen) atoms. The third-order valence-electron chi connectivity index (χ3n) is 3.84. The lowest BCUT2D eigenvalue weighted by molar-refractivity contribution is -0.150. The summed E-state index contributed by atoms with van der Waals surface area (Å²) in [4.78, 5) is 30.0. The van der Waals surface area contributed by atoms with Crippen molar-refractivity contribution in [2.75, 3.05) is 6.54 Å². The van der Waals surface area contributed by atoms with Crippen LogP contribution in [-0.2, 0) is 16.1 Å². The van der Waals surface area contributed by atoms with Crippen LogP contribution in [-0.4, -0.2) is 34.3 Å². The SMILES string of the molecule is CCC1NCC(=O)N(Cc2ccnc3ccccc23)C1=O. The lowest BCUT2D eigenvalue weighted by atomic mass is 10.1. The van der Waals surface area contributed by atoms with Crippen molar-refractivity contribution in [3.05, 3.63) is 42.1 Å². The molecule has 2 amide bonds. The molecule has 5 nitrogen and oxygen atoms in total. The maximum Gasteiger partial charge on any atom is 0.246 e. The number of benzene rings is 1. The first-order valence-electron chi connectivity index (χ1n) is 7.11. The minimum atomic E-state index is -0.268. The minimum absolute atomic E-state index is 0.144. The van der Waals surface area contributed by atoms with E-state index in [-0.39, 0.29) is 24.4 Å². The first kappa shape index (κ1) is 13.7. The Bertz CT molecular complexity index is 693. The molecule has 1 saturated heterocycles. The summed E-state index contributed by atoms with van der Waals surface area (Å²) < 4.78 is 0. The summed E-state index contributed by atoms with van der Waals surface area (Å²) in [5.41, 5.74) is 1.82. The number of aromatic nitrogens is 1. The molecule has 0 saturated carbocycles. The zero-order valence-electron chi connectivity index (χ0n) is 11.9. The second-order valence-corrected chi connectivity index (χ2v) is 5.15. The van der Waals surface area contributed by atoms with E-state index < -0.39 is 0 Å². The number of carbonyl (C=O) groups is 2. The smallest absolute Gasteiger partial charge is 0.246 e. The Hall–Kier alpha value is -2.27. The summed E-state index contributed by atoms with van der Waals surface area (Å²) in [7, 11) is 0. The summed E-state index contributed by atoms with van der Waals surface area (Å²) in [5.74, 6) is -0.319. The highest BCUT2D eigenvalue weighted by Gasteiger charge is 2.32. The van der Waals surface area contributed by atoms with E-state index in [0.29, 0.717) is 13.0 Å². The molecule has 1 atom stereocenters. The highest BCUT2D eigenvalue weighted by molar-refractivity contribution is 6.01. The van der Waals surface area contributed by atoms with Crippen LogP contribution >= 0.6 is 0 Å². The first-order chi connectivity index (χ1) is 10.2. The molecule has 108 valence electrons. The Morgan fingerprint density at radius 2 is 2.10 bits per heavy atom. The van der Waals surface area contributed by atoms with E-state index in [1.165, 1.54) is 4.90 Å². The van der Waals surface area contributed by atoms with Crippen molar-refractivity contribution in [3.8, 4) is 0 Å². The van der Waals surface area contributed by atoms with Crippen molar-refractivity contribution in [2.24, 2.45) is 0 Å². The Balaban J connectivity index is 1.94. The van der Waals surface area contributed by atoms with E-state index in [9.17, 15) is 9.59 Å². The molecule has 1 aromatic carbocycles. The maximum atomic E-state index is 12.3. The lowest BCUT2D eigenvalue weighted by Gasteiger charge is -2.31. The van der Waals surface area contributed by atoms with Crippen LogP contribution in [0.25, 0.3) is 10.9 Å². The Morgan fingerprint density at radius 3 is 2.90 bits per heavy atom. The number of pyridine rings is 1. The molecule has 0 radical (unpaired) electrons. The molecule has 5 heteroatoms. The van der Waals surface area contributed by atoms with Crippen LogP contribution in [0.4, 0.5) is 0 Å². The summed E-state index contributed by atoms with van der Waals surface area (Å²) in [5, 5.41) is 3.95. The molecule has 2 heterocycles. The molecule has 2 aromatic rings. The molecule has 0 bridgehead atoms. The minimum Gasteiger partial charge on any atom is -0.297 e. The van der Waals surface area contributed by atoms with Crippen LogP contribution < -0.4 is 5.32 Å². The monoisotopic (exact) mass is 283 g/mol. The Kier molecular flexibility index (Phi) is 3.66. The van der Waals surface area contributed by atoms with Crippen LogP contribution in [0.15, 0.2) is 36.5 Å². The molecular weight excluding hydrogens is 266 g/mol. The van der Waals surface area contributed by atoms with Gasteiger partial charge in [0.05, 0.1) is 24.6 Å². The normalized spacial score (nSPS) is 19.3. The van der Waals surface area contributed by atoms with Gasteiger partial charge in [0.1, 0.15) is 0 Å². The fourth-order valence-corrected chi connectivity index (χ4v) is 2.65.